The largest absolute Gasteiger partial charge is 0.493 e. The zero-order chi connectivity index (χ0) is 15.4. The van der Waals surface area contributed by atoms with Gasteiger partial charge < -0.3 is 14.8 Å². The van der Waals surface area contributed by atoms with Gasteiger partial charge in [-0.25, -0.2) is 0 Å². The first-order valence-corrected chi connectivity index (χ1v) is 8.68. The van der Waals surface area contributed by atoms with Crippen molar-refractivity contribution in [3.8, 4) is 11.5 Å². The van der Waals surface area contributed by atoms with Gasteiger partial charge in [0.05, 0.1) is 30.1 Å². The summed E-state index contributed by atoms with van der Waals surface area (Å²) in [6.45, 7) is 0.500. The summed E-state index contributed by atoms with van der Waals surface area (Å²) in [7, 11) is 3.12. The monoisotopic (exact) mass is 481 g/mol. The summed E-state index contributed by atoms with van der Waals surface area (Å²) in [6.07, 6.45) is 0. The van der Waals surface area contributed by atoms with Crippen LogP contribution in [0.1, 0.15) is 15.2 Å². The van der Waals surface area contributed by atoms with Crippen molar-refractivity contribution in [2.24, 2.45) is 0 Å². The van der Waals surface area contributed by atoms with Gasteiger partial charge in [0.15, 0.2) is 11.5 Å². The van der Waals surface area contributed by atoms with E-state index in [-0.39, 0.29) is 5.91 Å². The van der Waals surface area contributed by atoms with Crippen LogP contribution in [0.4, 0.5) is 0 Å². The third-order valence-electron chi connectivity index (χ3n) is 2.77. The fourth-order valence-corrected chi connectivity index (χ4v) is 3.84. The van der Waals surface area contributed by atoms with Gasteiger partial charge in [0.2, 0.25) is 0 Å². The first kappa shape index (κ1) is 16.6. The quantitative estimate of drug-likeness (QED) is 0.655. The summed E-state index contributed by atoms with van der Waals surface area (Å²) in [5, 5.41) is 2.91. The molecule has 1 aromatic carbocycles. The maximum absolute atomic E-state index is 12.3. The number of ether oxygens (including phenoxy) is 2. The molecule has 0 spiro atoms. The Balaban J connectivity index is 2.15. The second-order valence-corrected chi connectivity index (χ2v) is 7.79. The highest BCUT2D eigenvalue weighted by atomic mass is 127. The third-order valence-corrected chi connectivity index (χ3v) is 5.29. The Hall–Kier alpha value is -0.800. The van der Waals surface area contributed by atoms with Gasteiger partial charge in [-0.15, -0.1) is 11.3 Å². The Labute approximate surface area is 149 Å². The minimum absolute atomic E-state index is 0.134. The molecule has 0 unspecified atom stereocenters. The van der Waals surface area contributed by atoms with Gasteiger partial charge in [0.1, 0.15) is 0 Å². The Morgan fingerprint density at radius 2 is 1.95 bits per heavy atom. The normalized spacial score (nSPS) is 10.3. The van der Waals surface area contributed by atoms with Gasteiger partial charge in [-0.3, -0.25) is 4.79 Å². The second-order valence-electron chi connectivity index (χ2n) is 4.08. The van der Waals surface area contributed by atoms with E-state index in [9.17, 15) is 4.79 Å². The molecule has 0 bridgehead atoms. The molecule has 0 radical (unpaired) electrons. The summed E-state index contributed by atoms with van der Waals surface area (Å²) in [4.78, 5) is 13.4. The van der Waals surface area contributed by atoms with E-state index >= 15 is 0 Å². The highest BCUT2D eigenvalue weighted by molar-refractivity contribution is 14.1. The highest BCUT2D eigenvalue weighted by Gasteiger charge is 2.15. The SMILES string of the molecule is COc1cc(I)c(C(=O)NCc2ccc(Br)s2)cc1OC. The molecule has 0 fully saturated rings. The molecule has 21 heavy (non-hydrogen) atoms. The number of thiophene rings is 1. The van der Waals surface area contributed by atoms with Crippen molar-refractivity contribution in [2.75, 3.05) is 14.2 Å². The van der Waals surface area contributed by atoms with Crippen molar-refractivity contribution in [2.45, 2.75) is 6.54 Å². The molecule has 112 valence electrons. The summed E-state index contributed by atoms with van der Waals surface area (Å²) in [6, 6.07) is 7.43. The van der Waals surface area contributed by atoms with Crippen molar-refractivity contribution in [1.29, 1.82) is 0 Å². The minimum Gasteiger partial charge on any atom is -0.493 e. The van der Waals surface area contributed by atoms with E-state index in [1.165, 1.54) is 0 Å². The van der Waals surface area contributed by atoms with Gasteiger partial charge in [-0.2, -0.15) is 0 Å². The van der Waals surface area contributed by atoms with Crippen LogP contribution in [0.25, 0.3) is 0 Å². The van der Waals surface area contributed by atoms with Crippen molar-refractivity contribution >= 4 is 55.8 Å². The number of nitrogens with one attached hydrogen (secondary N) is 1. The molecule has 2 aromatic rings. The lowest BCUT2D eigenvalue weighted by atomic mass is 10.2. The molecule has 7 heteroatoms. The minimum atomic E-state index is -0.134. The molecule has 0 saturated carbocycles. The van der Waals surface area contributed by atoms with Crippen LogP contribution in [0.15, 0.2) is 28.1 Å². The molecular weight excluding hydrogens is 469 g/mol. The molecule has 1 aromatic heterocycles. The molecule has 4 nitrogen and oxygen atoms in total. The second kappa shape index (κ2) is 7.46. The molecule has 1 N–H and O–H groups in total. The first-order chi connectivity index (χ1) is 10.0. The van der Waals surface area contributed by atoms with Gasteiger partial charge in [-0.1, -0.05) is 0 Å². The van der Waals surface area contributed by atoms with Gasteiger partial charge in [0.25, 0.3) is 5.91 Å². The molecule has 0 aliphatic carbocycles. The molecular formula is C14H13BrINO3S. The number of rotatable bonds is 5. The Kier molecular flexibility index (Phi) is 5.88. The van der Waals surface area contributed by atoms with Gasteiger partial charge in [-0.05, 0) is 62.8 Å². The van der Waals surface area contributed by atoms with E-state index in [0.29, 0.717) is 23.6 Å². The lowest BCUT2D eigenvalue weighted by molar-refractivity contribution is 0.0950. The van der Waals surface area contributed by atoms with E-state index in [1.807, 2.05) is 12.1 Å². The number of methoxy groups -OCH3 is 2. The third kappa shape index (κ3) is 4.10. The fourth-order valence-electron chi connectivity index (χ4n) is 1.74. The average molecular weight is 482 g/mol. The average Bonchev–Trinajstić information content (AvgIpc) is 2.90. The maximum Gasteiger partial charge on any atom is 0.252 e. The van der Waals surface area contributed by atoms with Crippen molar-refractivity contribution in [1.82, 2.24) is 5.32 Å². The van der Waals surface area contributed by atoms with E-state index in [2.05, 4.69) is 43.8 Å². The number of hydrogen-bond donors (Lipinski definition) is 1. The van der Waals surface area contributed by atoms with Crippen LogP contribution in [-0.4, -0.2) is 20.1 Å². The number of halogens is 2. The Bertz CT molecular complexity index is 660. The Morgan fingerprint density at radius 1 is 1.29 bits per heavy atom. The lowest BCUT2D eigenvalue weighted by Crippen LogP contribution is -2.23. The summed E-state index contributed by atoms with van der Waals surface area (Å²) in [5.41, 5.74) is 0.573. The van der Waals surface area contributed by atoms with Crippen LogP contribution < -0.4 is 14.8 Å². The number of amides is 1. The molecule has 0 aliphatic heterocycles. The summed E-state index contributed by atoms with van der Waals surface area (Å²) in [5.74, 6) is 1.02. The molecule has 0 saturated heterocycles. The fraction of sp³-hybridized carbons (Fsp3) is 0.214. The predicted molar refractivity (Wildman–Crippen MR) is 95.5 cm³/mol. The Morgan fingerprint density at radius 3 is 2.52 bits per heavy atom. The lowest BCUT2D eigenvalue weighted by Gasteiger charge is -2.11. The molecule has 1 amide bonds. The van der Waals surface area contributed by atoms with Crippen molar-refractivity contribution in [3.63, 3.8) is 0 Å². The van der Waals surface area contributed by atoms with Crippen LogP contribution in [0, 0.1) is 3.57 Å². The highest BCUT2D eigenvalue weighted by Crippen LogP contribution is 2.31. The van der Waals surface area contributed by atoms with E-state index < -0.39 is 0 Å². The van der Waals surface area contributed by atoms with Crippen molar-refractivity contribution in [3.05, 3.63) is 42.1 Å². The molecule has 1 heterocycles. The topological polar surface area (TPSA) is 47.6 Å². The van der Waals surface area contributed by atoms with Crippen LogP contribution in [0.2, 0.25) is 0 Å². The number of benzene rings is 1. The van der Waals surface area contributed by atoms with Gasteiger partial charge >= 0.3 is 0 Å². The van der Waals surface area contributed by atoms with Crippen LogP contribution in [0.3, 0.4) is 0 Å². The van der Waals surface area contributed by atoms with Crippen LogP contribution in [-0.2, 0) is 6.54 Å². The van der Waals surface area contributed by atoms with E-state index in [1.54, 1.807) is 37.7 Å². The number of carbonyl (C=O) groups is 1. The summed E-state index contributed by atoms with van der Waals surface area (Å²) >= 11 is 7.12. The maximum atomic E-state index is 12.3. The summed E-state index contributed by atoms with van der Waals surface area (Å²) < 4.78 is 12.3. The number of hydrogen-bond acceptors (Lipinski definition) is 4. The van der Waals surface area contributed by atoms with E-state index in [4.69, 9.17) is 9.47 Å². The van der Waals surface area contributed by atoms with Gasteiger partial charge in [0, 0.05) is 8.45 Å². The van der Waals surface area contributed by atoms with Crippen molar-refractivity contribution < 1.29 is 14.3 Å². The smallest absolute Gasteiger partial charge is 0.252 e. The standard InChI is InChI=1S/C14H13BrINO3S/c1-19-11-5-9(10(16)6-12(11)20-2)14(18)17-7-8-3-4-13(15)21-8/h3-6H,7H2,1-2H3,(H,17,18). The zero-order valence-electron chi connectivity index (χ0n) is 11.4. The molecule has 2 rings (SSSR count). The predicted octanol–water partition coefficient (Wildman–Crippen LogP) is 4.06. The van der Waals surface area contributed by atoms with Crippen LogP contribution >= 0.6 is 49.9 Å². The van der Waals surface area contributed by atoms with Crippen LogP contribution in [0.5, 0.6) is 11.5 Å². The first-order valence-electron chi connectivity index (χ1n) is 5.99. The number of carbonyl (C=O) groups excluding carboxylic acids is 1. The molecule has 0 atom stereocenters. The zero-order valence-corrected chi connectivity index (χ0v) is 16.0. The van der Waals surface area contributed by atoms with E-state index in [0.717, 1.165) is 12.2 Å². The molecule has 0 aliphatic rings.